The van der Waals surface area contributed by atoms with E-state index in [4.69, 9.17) is 8.39 Å². The molecule has 1 aromatic heterocycles. The Labute approximate surface area is 216 Å². The van der Waals surface area contributed by atoms with E-state index in [0.717, 1.165) is 43.4 Å². The minimum absolute atomic E-state index is 0.338. The maximum Gasteiger partial charge on any atom is 0.384 e. The number of fused-ring (bicyclic) bond motifs is 7. The van der Waals surface area contributed by atoms with Crippen molar-refractivity contribution in [2.24, 2.45) is 0 Å². The fraction of sp³-hybridized carbons (Fsp3) is 0. The molecule has 0 aliphatic heterocycles. The fourth-order valence-corrected chi connectivity index (χ4v) is 5.93. The van der Waals surface area contributed by atoms with E-state index in [-0.39, 0.29) is 11.6 Å². The second-order valence-electron chi connectivity index (χ2n) is 9.13. The minimum Gasteiger partial charge on any atom is -0.398 e. The normalized spacial score (nSPS) is 11.6. The van der Waals surface area contributed by atoms with E-state index in [9.17, 15) is 13.7 Å². The highest BCUT2D eigenvalue weighted by Gasteiger charge is 2.19. The lowest BCUT2D eigenvalue weighted by Crippen LogP contribution is -1.87. The van der Waals surface area contributed by atoms with Crippen LogP contribution in [0.2, 0.25) is 0 Å². The van der Waals surface area contributed by atoms with E-state index in [2.05, 4.69) is 0 Å². The van der Waals surface area contributed by atoms with Gasteiger partial charge in [0.05, 0.1) is 0 Å². The summed E-state index contributed by atoms with van der Waals surface area (Å²) in [5, 5.41) is 5.31. The molecule has 6 aromatic carbocycles. The predicted molar refractivity (Wildman–Crippen MR) is 150 cm³/mol. The molecule has 1 N–H and O–H groups in total. The number of hydrogen-bond donors (Lipinski definition) is 1. The Morgan fingerprint density at radius 1 is 0.526 bits per heavy atom. The molecular formula is C32H19F2O3P. The van der Waals surface area contributed by atoms with Gasteiger partial charge in [-0.2, -0.15) is 0 Å². The summed E-state index contributed by atoms with van der Waals surface area (Å²) in [5.41, 5.74) is 3.85. The second-order valence-corrected chi connectivity index (χ2v) is 9.97. The lowest BCUT2D eigenvalue weighted by atomic mass is 9.91. The topological polar surface area (TPSA) is 46.5 Å². The quantitative estimate of drug-likeness (QED) is 0.247. The van der Waals surface area contributed by atoms with Crippen LogP contribution in [0.15, 0.2) is 118 Å². The number of benzene rings is 6. The van der Waals surface area contributed by atoms with Crippen LogP contribution in [0.5, 0.6) is 0 Å². The van der Waals surface area contributed by atoms with Gasteiger partial charge in [0.15, 0.2) is 11.2 Å². The van der Waals surface area contributed by atoms with Gasteiger partial charge in [-0.15, -0.1) is 0 Å². The molecule has 0 radical (unpaired) electrons. The third-order valence-corrected chi connectivity index (χ3v) is 7.58. The first kappa shape index (κ1) is 22.7. The third kappa shape index (κ3) is 3.67. The van der Waals surface area contributed by atoms with Gasteiger partial charge >= 0.3 is 8.24 Å². The maximum absolute atomic E-state index is 13.8. The molecule has 0 aliphatic rings. The van der Waals surface area contributed by atoms with Gasteiger partial charge in [0, 0.05) is 21.9 Å². The molecule has 6 heteroatoms. The van der Waals surface area contributed by atoms with Gasteiger partial charge in [-0.3, -0.25) is 4.89 Å². The zero-order chi connectivity index (χ0) is 25.8. The van der Waals surface area contributed by atoms with Crippen LogP contribution in [0.25, 0.3) is 65.7 Å². The van der Waals surface area contributed by atoms with E-state index in [1.54, 1.807) is 24.3 Å². The van der Waals surface area contributed by atoms with E-state index in [1.165, 1.54) is 24.3 Å². The predicted octanol–water partition coefficient (Wildman–Crippen LogP) is 9.96. The highest BCUT2D eigenvalue weighted by molar-refractivity contribution is 7.30. The molecule has 0 fully saturated rings. The molecule has 38 heavy (non-hydrogen) atoms. The van der Waals surface area contributed by atoms with Crippen molar-refractivity contribution in [1.82, 2.24) is 0 Å². The summed E-state index contributed by atoms with van der Waals surface area (Å²) in [7, 11) is -2.38. The lowest BCUT2D eigenvalue weighted by Gasteiger charge is -2.12. The zero-order valence-corrected chi connectivity index (χ0v) is 20.8. The van der Waals surface area contributed by atoms with Crippen LogP contribution < -0.4 is 0 Å². The summed E-state index contributed by atoms with van der Waals surface area (Å²) in [6, 6.07) is 32.3. The minimum atomic E-state index is -2.38. The van der Waals surface area contributed by atoms with Crippen LogP contribution in [0, 0.1) is 11.6 Å². The Morgan fingerprint density at radius 2 is 0.921 bits per heavy atom. The maximum atomic E-state index is 13.8. The Kier molecular flexibility index (Phi) is 5.29. The van der Waals surface area contributed by atoms with Crippen molar-refractivity contribution >= 4 is 51.7 Å². The number of halogens is 2. The molecule has 0 unspecified atom stereocenters. The van der Waals surface area contributed by atoms with Crippen molar-refractivity contribution in [3.8, 4) is 22.3 Å². The first-order chi connectivity index (χ1) is 18.6. The molecule has 0 bridgehead atoms. The number of rotatable bonds is 2. The standard InChI is InChI=1S/C32H19F2O3P/c33-23-13-9-19(10-14-23)27-17-21-5-1-3-7-25(21)29-30-26-8-4-2-6-22(26)18-28(20-11-15-24(34)16-12-20)32(30)37-38(35)36-31(27)29/h1-18,35H. The van der Waals surface area contributed by atoms with Crippen molar-refractivity contribution in [2.75, 3.05) is 0 Å². The van der Waals surface area contributed by atoms with Crippen LogP contribution in [-0.2, 0) is 0 Å². The van der Waals surface area contributed by atoms with E-state index < -0.39 is 8.24 Å². The molecule has 0 spiro atoms. The highest BCUT2D eigenvalue weighted by atomic mass is 31.1. The van der Waals surface area contributed by atoms with E-state index in [1.807, 2.05) is 60.7 Å². The Morgan fingerprint density at radius 3 is 1.34 bits per heavy atom. The summed E-state index contributed by atoms with van der Waals surface area (Å²) < 4.78 is 40.0. The van der Waals surface area contributed by atoms with Gasteiger partial charge in [0.25, 0.3) is 0 Å². The van der Waals surface area contributed by atoms with Crippen molar-refractivity contribution in [1.29, 1.82) is 0 Å². The summed E-state index contributed by atoms with van der Waals surface area (Å²) in [4.78, 5) is 11.1. The average molecular weight is 520 g/mol. The molecule has 0 saturated heterocycles. The zero-order valence-electron chi connectivity index (χ0n) is 19.9. The monoisotopic (exact) mass is 520 g/mol. The Hall–Kier alpha value is -4.44. The first-order valence-electron chi connectivity index (χ1n) is 12.1. The van der Waals surface area contributed by atoms with Crippen LogP contribution in [0.4, 0.5) is 8.78 Å². The SMILES string of the molecule is Op1oc2c(-c3ccc(F)cc3)cc3ccccc3c2c2c(o1)c(-c1ccc(F)cc1)cc1ccccc12. The average Bonchev–Trinajstić information content (AvgIpc) is 3.09. The molecule has 1 heterocycles. The van der Waals surface area contributed by atoms with E-state index in [0.29, 0.717) is 22.3 Å². The summed E-state index contributed by atoms with van der Waals surface area (Å²) in [6.07, 6.45) is 0. The molecule has 7 aromatic rings. The third-order valence-electron chi connectivity index (χ3n) is 6.90. The fourth-order valence-electron chi connectivity index (χ4n) is 5.21. The summed E-state index contributed by atoms with van der Waals surface area (Å²) in [6.45, 7) is 0. The lowest BCUT2D eigenvalue weighted by molar-refractivity contribution is 0.496. The van der Waals surface area contributed by atoms with Crippen LogP contribution >= 0.6 is 8.24 Å². The van der Waals surface area contributed by atoms with Crippen molar-refractivity contribution < 1.29 is 22.1 Å². The smallest absolute Gasteiger partial charge is 0.384 e. The first-order valence-corrected chi connectivity index (χ1v) is 13.2. The van der Waals surface area contributed by atoms with Gasteiger partial charge in [-0.05, 0) is 69.1 Å². The molecule has 7 rings (SSSR count). The molecule has 0 amide bonds. The Bertz CT molecular complexity index is 1900. The molecule has 0 saturated carbocycles. The van der Waals surface area contributed by atoms with Gasteiger partial charge in [0.2, 0.25) is 0 Å². The van der Waals surface area contributed by atoms with Gasteiger partial charge < -0.3 is 8.39 Å². The number of hydrogen-bond acceptors (Lipinski definition) is 3. The van der Waals surface area contributed by atoms with Crippen LogP contribution in [-0.4, -0.2) is 4.89 Å². The largest absolute Gasteiger partial charge is 0.398 e. The second kappa shape index (κ2) is 8.84. The van der Waals surface area contributed by atoms with E-state index >= 15 is 0 Å². The molecule has 3 nitrogen and oxygen atoms in total. The molecule has 184 valence electrons. The van der Waals surface area contributed by atoms with Gasteiger partial charge in [0.1, 0.15) is 11.6 Å². The molecular weight excluding hydrogens is 501 g/mol. The van der Waals surface area contributed by atoms with Crippen molar-refractivity contribution in [3.05, 3.63) is 121 Å². The van der Waals surface area contributed by atoms with Crippen LogP contribution in [0.3, 0.4) is 0 Å². The van der Waals surface area contributed by atoms with Crippen LogP contribution in [0.1, 0.15) is 0 Å². The molecule has 0 aliphatic carbocycles. The summed E-state index contributed by atoms with van der Waals surface area (Å²) in [5.74, 6) is -0.677. The highest BCUT2D eigenvalue weighted by Crippen LogP contribution is 2.46. The van der Waals surface area contributed by atoms with Gasteiger partial charge in [-0.1, -0.05) is 72.8 Å². The Balaban J connectivity index is 1.78. The van der Waals surface area contributed by atoms with Gasteiger partial charge in [-0.25, -0.2) is 8.78 Å². The molecule has 0 atom stereocenters. The summed E-state index contributed by atoms with van der Waals surface area (Å²) >= 11 is 0. The van der Waals surface area contributed by atoms with Crippen molar-refractivity contribution in [2.45, 2.75) is 0 Å². The van der Waals surface area contributed by atoms with Crippen molar-refractivity contribution in [3.63, 3.8) is 0 Å².